The Morgan fingerprint density at radius 2 is 1.88 bits per heavy atom. The summed E-state index contributed by atoms with van der Waals surface area (Å²) in [5, 5.41) is 0. The second-order valence-corrected chi connectivity index (χ2v) is 6.63. The molecular weight excluding hydrogens is 336 g/mol. The van der Waals surface area contributed by atoms with Crippen LogP contribution in [0.5, 0.6) is 11.5 Å². The highest BCUT2D eigenvalue weighted by molar-refractivity contribution is 7.98. The van der Waals surface area contributed by atoms with Gasteiger partial charge in [0.05, 0.1) is 19.4 Å². The summed E-state index contributed by atoms with van der Waals surface area (Å²) in [6.45, 7) is 2.50. The summed E-state index contributed by atoms with van der Waals surface area (Å²) in [6, 6.07) is 14.8. The van der Waals surface area contributed by atoms with Gasteiger partial charge in [0.2, 0.25) is 0 Å². The molecule has 0 amide bonds. The summed E-state index contributed by atoms with van der Waals surface area (Å²) in [5.41, 5.74) is 2.35. The third-order valence-electron chi connectivity index (χ3n) is 3.74. The Bertz CT molecular complexity index is 907. The lowest BCUT2D eigenvalue weighted by molar-refractivity contribution is 0.342. The number of pyridine rings is 1. The molecule has 1 aromatic carbocycles. The Kier molecular flexibility index (Phi) is 5.60. The van der Waals surface area contributed by atoms with E-state index in [2.05, 4.69) is 4.98 Å². The largest absolute Gasteiger partial charge is 0.497 e. The smallest absolute Gasteiger partial charge is 0.258 e. The first kappa shape index (κ1) is 17.4. The molecule has 130 valence electrons. The number of nitrogens with zero attached hydrogens (tertiary/aromatic N) is 2. The highest BCUT2D eigenvalue weighted by atomic mass is 32.2. The van der Waals surface area contributed by atoms with Crippen LogP contribution in [0.4, 0.5) is 0 Å². The van der Waals surface area contributed by atoms with Gasteiger partial charge in [0.1, 0.15) is 17.1 Å². The van der Waals surface area contributed by atoms with Crippen LogP contribution in [0, 0.1) is 6.92 Å². The maximum absolute atomic E-state index is 12.2. The Morgan fingerprint density at radius 1 is 1.12 bits per heavy atom. The average Bonchev–Trinajstić information content (AvgIpc) is 2.62. The lowest BCUT2D eigenvalue weighted by Crippen LogP contribution is -2.17. The third-order valence-corrected chi connectivity index (χ3v) is 4.69. The molecule has 0 atom stereocenters. The molecule has 0 aliphatic rings. The summed E-state index contributed by atoms with van der Waals surface area (Å²) >= 11 is 1.69. The molecule has 25 heavy (non-hydrogen) atoms. The number of methoxy groups -OCH3 is 1. The molecule has 3 aromatic rings. The molecule has 3 rings (SSSR count). The molecule has 0 aliphatic heterocycles. The second kappa shape index (κ2) is 8.07. The molecule has 0 spiro atoms. The minimum Gasteiger partial charge on any atom is -0.497 e. The quantitative estimate of drug-likeness (QED) is 0.608. The van der Waals surface area contributed by atoms with Gasteiger partial charge in [-0.3, -0.25) is 9.20 Å². The van der Waals surface area contributed by atoms with E-state index in [-0.39, 0.29) is 5.56 Å². The number of fused-ring (bicyclic) bond motifs is 1. The van der Waals surface area contributed by atoms with Gasteiger partial charge in [-0.15, -0.1) is 0 Å². The van der Waals surface area contributed by atoms with Gasteiger partial charge in [-0.2, -0.15) is 11.8 Å². The lowest BCUT2D eigenvalue weighted by Gasteiger charge is -2.08. The summed E-state index contributed by atoms with van der Waals surface area (Å²) in [5.74, 6) is 3.14. The van der Waals surface area contributed by atoms with Gasteiger partial charge >= 0.3 is 0 Å². The lowest BCUT2D eigenvalue weighted by atomic mass is 10.3. The van der Waals surface area contributed by atoms with Crippen molar-refractivity contribution in [2.75, 3.05) is 19.5 Å². The van der Waals surface area contributed by atoms with Gasteiger partial charge < -0.3 is 9.47 Å². The Hall–Kier alpha value is -2.47. The van der Waals surface area contributed by atoms with Gasteiger partial charge in [-0.25, -0.2) is 4.98 Å². The van der Waals surface area contributed by atoms with Crippen LogP contribution in [-0.4, -0.2) is 28.9 Å². The molecule has 6 heteroatoms. The van der Waals surface area contributed by atoms with Crippen LogP contribution >= 0.6 is 11.8 Å². The van der Waals surface area contributed by atoms with Gasteiger partial charge in [0.25, 0.3) is 5.56 Å². The zero-order valence-electron chi connectivity index (χ0n) is 14.3. The molecule has 0 radical (unpaired) electrons. The maximum atomic E-state index is 12.2. The number of thioether (sulfide) groups is 1. The second-order valence-electron chi connectivity index (χ2n) is 5.52. The summed E-state index contributed by atoms with van der Waals surface area (Å²) in [6.07, 6.45) is 0. The van der Waals surface area contributed by atoms with Crippen molar-refractivity contribution in [1.82, 2.24) is 9.38 Å². The zero-order chi connectivity index (χ0) is 17.6. The van der Waals surface area contributed by atoms with E-state index in [1.54, 1.807) is 29.3 Å². The summed E-state index contributed by atoms with van der Waals surface area (Å²) in [7, 11) is 1.64. The van der Waals surface area contributed by atoms with Crippen molar-refractivity contribution in [3.05, 3.63) is 70.3 Å². The Labute approximate surface area is 150 Å². The monoisotopic (exact) mass is 356 g/mol. The minimum absolute atomic E-state index is 0.0341. The Balaban J connectivity index is 1.52. The fourth-order valence-corrected chi connectivity index (χ4v) is 3.21. The predicted octanol–water partition coefficient (Wildman–Crippen LogP) is 3.32. The van der Waals surface area contributed by atoms with Crippen molar-refractivity contribution < 1.29 is 9.47 Å². The first-order valence-electron chi connectivity index (χ1n) is 8.00. The molecule has 2 heterocycles. The van der Waals surface area contributed by atoms with E-state index >= 15 is 0 Å². The van der Waals surface area contributed by atoms with Crippen molar-refractivity contribution in [3.8, 4) is 11.5 Å². The first-order chi connectivity index (χ1) is 12.2. The topological polar surface area (TPSA) is 52.8 Å². The number of hydrogen-bond acceptors (Lipinski definition) is 5. The molecule has 0 saturated carbocycles. The van der Waals surface area contributed by atoms with E-state index in [9.17, 15) is 4.79 Å². The van der Waals surface area contributed by atoms with E-state index in [4.69, 9.17) is 9.47 Å². The van der Waals surface area contributed by atoms with E-state index in [1.165, 1.54) is 0 Å². The predicted molar refractivity (Wildman–Crippen MR) is 101 cm³/mol. The number of ether oxygens (including phenoxy) is 2. The Morgan fingerprint density at radius 3 is 2.64 bits per heavy atom. The number of hydrogen-bond donors (Lipinski definition) is 0. The standard InChI is InChI=1S/C19H20N2O3S/c1-14-4-3-5-18-20-15(12-19(22)21(14)18)13-25-11-10-24-17-8-6-16(23-2)7-9-17/h3-9,12H,10-11,13H2,1-2H3. The van der Waals surface area contributed by atoms with Crippen molar-refractivity contribution in [1.29, 1.82) is 0 Å². The van der Waals surface area contributed by atoms with E-state index in [0.29, 0.717) is 18.0 Å². The van der Waals surface area contributed by atoms with Gasteiger partial charge in [0, 0.05) is 23.3 Å². The number of aromatic nitrogens is 2. The molecule has 2 aromatic heterocycles. The van der Waals surface area contributed by atoms with Crippen LogP contribution in [0.25, 0.3) is 5.65 Å². The maximum Gasteiger partial charge on any atom is 0.258 e. The highest BCUT2D eigenvalue weighted by Gasteiger charge is 2.04. The third kappa shape index (κ3) is 4.33. The average molecular weight is 356 g/mol. The van der Waals surface area contributed by atoms with Gasteiger partial charge in [-0.05, 0) is 43.3 Å². The number of benzene rings is 1. The number of aryl methyl sites for hydroxylation is 1. The van der Waals surface area contributed by atoms with E-state index in [0.717, 1.165) is 28.6 Å². The molecule has 0 fully saturated rings. The first-order valence-corrected chi connectivity index (χ1v) is 9.16. The van der Waals surface area contributed by atoms with E-state index in [1.807, 2.05) is 49.4 Å². The highest BCUT2D eigenvalue weighted by Crippen LogP contribution is 2.17. The molecule has 0 N–H and O–H groups in total. The molecule has 0 saturated heterocycles. The summed E-state index contributed by atoms with van der Waals surface area (Å²) in [4.78, 5) is 16.8. The molecule has 0 bridgehead atoms. The normalized spacial score (nSPS) is 10.8. The van der Waals surface area contributed by atoms with Gasteiger partial charge in [-0.1, -0.05) is 6.07 Å². The van der Waals surface area contributed by atoms with Crippen LogP contribution < -0.4 is 15.0 Å². The minimum atomic E-state index is -0.0341. The van der Waals surface area contributed by atoms with Gasteiger partial charge in [0.15, 0.2) is 0 Å². The van der Waals surface area contributed by atoms with Crippen molar-refractivity contribution in [3.63, 3.8) is 0 Å². The zero-order valence-corrected chi connectivity index (χ0v) is 15.1. The van der Waals surface area contributed by atoms with Crippen LogP contribution in [0.1, 0.15) is 11.4 Å². The molecule has 5 nitrogen and oxygen atoms in total. The number of rotatable bonds is 7. The van der Waals surface area contributed by atoms with Crippen molar-refractivity contribution in [2.45, 2.75) is 12.7 Å². The van der Waals surface area contributed by atoms with Crippen molar-refractivity contribution in [2.24, 2.45) is 0 Å². The van der Waals surface area contributed by atoms with Crippen molar-refractivity contribution >= 4 is 17.4 Å². The van der Waals surface area contributed by atoms with E-state index < -0.39 is 0 Å². The summed E-state index contributed by atoms with van der Waals surface area (Å²) < 4.78 is 12.4. The molecule has 0 aliphatic carbocycles. The molecular formula is C19H20N2O3S. The van der Waals surface area contributed by atoms with Crippen LogP contribution in [-0.2, 0) is 5.75 Å². The van der Waals surface area contributed by atoms with Crippen LogP contribution in [0.3, 0.4) is 0 Å². The van der Waals surface area contributed by atoms with Crippen LogP contribution in [0.15, 0.2) is 53.3 Å². The fourth-order valence-electron chi connectivity index (χ4n) is 2.50. The van der Waals surface area contributed by atoms with Crippen LogP contribution in [0.2, 0.25) is 0 Å². The molecule has 0 unspecified atom stereocenters. The SMILES string of the molecule is COc1ccc(OCCSCc2cc(=O)n3c(C)cccc3n2)cc1. The fraction of sp³-hybridized carbons (Fsp3) is 0.263.